The molecule has 5 heteroatoms. The molecular weight excluding hydrogens is 350 g/mol. The molecule has 0 saturated carbocycles. The molecule has 1 atom stereocenters. The van der Waals surface area contributed by atoms with Gasteiger partial charge in [0.05, 0.1) is 23.3 Å². The zero-order valence-electron chi connectivity index (χ0n) is 16.1. The lowest BCUT2D eigenvalue weighted by Gasteiger charge is -2.20. The second-order valence-corrected chi connectivity index (χ2v) is 7.42. The van der Waals surface area contributed by atoms with E-state index in [2.05, 4.69) is 21.5 Å². The molecule has 144 valence electrons. The van der Waals surface area contributed by atoms with Gasteiger partial charge in [-0.2, -0.15) is 0 Å². The van der Waals surface area contributed by atoms with Gasteiger partial charge >= 0.3 is 5.97 Å². The fourth-order valence-electron chi connectivity index (χ4n) is 4.15. The van der Waals surface area contributed by atoms with Gasteiger partial charge in [0.15, 0.2) is 0 Å². The lowest BCUT2D eigenvalue weighted by atomic mass is 9.99. The third-order valence-electron chi connectivity index (χ3n) is 5.67. The Hall–Kier alpha value is -2.92. The summed E-state index contributed by atoms with van der Waals surface area (Å²) in [5.41, 5.74) is 3.72. The Bertz CT molecular complexity index is 965. The molecule has 3 aromatic rings. The van der Waals surface area contributed by atoms with Gasteiger partial charge in [0, 0.05) is 23.7 Å². The molecule has 0 bridgehead atoms. The third kappa shape index (κ3) is 3.58. The highest BCUT2D eigenvalue weighted by molar-refractivity contribution is 5.97. The van der Waals surface area contributed by atoms with Crippen LogP contribution in [0.1, 0.15) is 29.6 Å². The van der Waals surface area contributed by atoms with Crippen LogP contribution in [0.3, 0.4) is 0 Å². The number of benzene rings is 2. The quantitative estimate of drug-likeness (QED) is 0.694. The molecule has 4 rings (SSSR count). The van der Waals surface area contributed by atoms with Crippen LogP contribution in [0.5, 0.6) is 0 Å². The molecule has 1 fully saturated rings. The predicted molar refractivity (Wildman–Crippen MR) is 110 cm³/mol. The van der Waals surface area contributed by atoms with E-state index >= 15 is 0 Å². The van der Waals surface area contributed by atoms with Crippen molar-refractivity contribution in [1.82, 2.24) is 14.5 Å². The number of carbonyl (C=O) groups is 1. The van der Waals surface area contributed by atoms with Gasteiger partial charge in [0.25, 0.3) is 0 Å². The first-order valence-corrected chi connectivity index (χ1v) is 9.78. The molecule has 1 aliphatic rings. The van der Waals surface area contributed by atoms with E-state index in [1.165, 1.54) is 12.8 Å². The van der Waals surface area contributed by atoms with Crippen molar-refractivity contribution in [3.8, 4) is 22.5 Å². The minimum Gasteiger partial charge on any atom is -0.478 e. The maximum Gasteiger partial charge on any atom is 0.336 e. The molecule has 0 radical (unpaired) electrons. The number of hydrogen-bond donors (Lipinski definition) is 1. The van der Waals surface area contributed by atoms with Gasteiger partial charge in [-0.1, -0.05) is 48.5 Å². The Morgan fingerprint density at radius 2 is 1.89 bits per heavy atom. The zero-order chi connectivity index (χ0) is 19.5. The zero-order valence-corrected chi connectivity index (χ0v) is 16.1. The summed E-state index contributed by atoms with van der Waals surface area (Å²) in [7, 11) is 2.18. The van der Waals surface area contributed by atoms with Crippen molar-refractivity contribution >= 4 is 5.97 Å². The van der Waals surface area contributed by atoms with Crippen LogP contribution in [0.15, 0.2) is 60.9 Å². The molecule has 0 amide bonds. The first-order chi connectivity index (χ1) is 13.6. The molecule has 28 heavy (non-hydrogen) atoms. The Morgan fingerprint density at radius 3 is 2.61 bits per heavy atom. The summed E-state index contributed by atoms with van der Waals surface area (Å²) >= 11 is 0. The summed E-state index contributed by atoms with van der Waals surface area (Å²) in [5, 5.41) is 9.72. The van der Waals surface area contributed by atoms with Crippen LogP contribution in [0, 0.1) is 0 Å². The summed E-state index contributed by atoms with van der Waals surface area (Å²) < 4.78 is 2.12. The topological polar surface area (TPSA) is 58.4 Å². The van der Waals surface area contributed by atoms with Crippen molar-refractivity contribution < 1.29 is 9.90 Å². The van der Waals surface area contributed by atoms with Crippen molar-refractivity contribution in [3.05, 3.63) is 66.5 Å². The third-order valence-corrected chi connectivity index (χ3v) is 5.67. The maximum absolute atomic E-state index is 11.8. The lowest BCUT2D eigenvalue weighted by Crippen LogP contribution is -2.26. The van der Waals surface area contributed by atoms with Crippen molar-refractivity contribution in [1.29, 1.82) is 0 Å². The lowest BCUT2D eigenvalue weighted by molar-refractivity contribution is 0.0697. The second-order valence-electron chi connectivity index (χ2n) is 7.42. The summed E-state index contributed by atoms with van der Waals surface area (Å²) in [6.45, 7) is 1.97. The molecule has 0 spiro atoms. The van der Waals surface area contributed by atoms with Gasteiger partial charge in [-0.25, -0.2) is 9.78 Å². The predicted octanol–water partition coefficient (Wildman–Crippen LogP) is 4.40. The number of aromatic carboxylic acids is 1. The van der Waals surface area contributed by atoms with Crippen LogP contribution in [0.4, 0.5) is 0 Å². The van der Waals surface area contributed by atoms with E-state index in [1.807, 2.05) is 48.8 Å². The van der Waals surface area contributed by atoms with Crippen LogP contribution in [-0.4, -0.2) is 45.2 Å². The Balaban J connectivity index is 1.77. The summed E-state index contributed by atoms with van der Waals surface area (Å²) in [4.78, 5) is 19.0. The molecule has 1 N–H and O–H groups in total. The molecule has 1 aromatic heterocycles. The average Bonchev–Trinajstić information content (AvgIpc) is 3.32. The minimum atomic E-state index is -0.919. The van der Waals surface area contributed by atoms with Crippen LogP contribution in [0.25, 0.3) is 22.5 Å². The minimum absolute atomic E-state index is 0.305. The first-order valence-electron chi connectivity index (χ1n) is 9.78. The number of carboxylic acid groups (broad SMARTS) is 1. The molecule has 0 aliphatic carbocycles. The van der Waals surface area contributed by atoms with Crippen molar-refractivity contribution in [2.24, 2.45) is 0 Å². The second kappa shape index (κ2) is 7.98. The molecular formula is C23H25N3O2. The molecule has 1 aliphatic heterocycles. The van der Waals surface area contributed by atoms with Gasteiger partial charge in [-0.15, -0.1) is 0 Å². The van der Waals surface area contributed by atoms with Crippen LogP contribution in [-0.2, 0) is 6.54 Å². The number of nitrogens with zero attached hydrogens (tertiary/aromatic N) is 3. The standard InChI is InChI=1S/C23H25N3O2/c1-25-14-7-10-18(25)13-15-26-16-24-21(17-8-3-2-4-9-17)22(26)19-11-5-6-12-20(19)23(27)28/h2-6,8-9,11-12,16,18H,7,10,13-15H2,1H3,(H,27,28)/t18-/m0/s1. The van der Waals surface area contributed by atoms with E-state index in [-0.39, 0.29) is 0 Å². The summed E-state index contributed by atoms with van der Waals surface area (Å²) in [5.74, 6) is -0.919. The first kappa shape index (κ1) is 18.4. The van der Waals surface area contributed by atoms with Gasteiger partial charge < -0.3 is 14.6 Å². The van der Waals surface area contributed by atoms with E-state index in [9.17, 15) is 9.90 Å². The van der Waals surface area contributed by atoms with Gasteiger partial charge in [0.1, 0.15) is 0 Å². The maximum atomic E-state index is 11.8. The van der Waals surface area contributed by atoms with Crippen molar-refractivity contribution in [2.75, 3.05) is 13.6 Å². The van der Waals surface area contributed by atoms with E-state index < -0.39 is 5.97 Å². The summed E-state index contributed by atoms with van der Waals surface area (Å²) in [6.07, 6.45) is 5.35. The fraction of sp³-hybridized carbons (Fsp3) is 0.304. The molecule has 2 aromatic carbocycles. The smallest absolute Gasteiger partial charge is 0.336 e. The average molecular weight is 375 g/mol. The Morgan fingerprint density at radius 1 is 1.14 bits per heavy atom. The van der Waals surface area contributed by atoms with Crippen LogP contribution < -0.4 is 0 Å². The molecule has 5 nitrogen and oxygen atoms in total. The van der Waals surface area contributed by atoms with Gasteiger partial charge in [0.2, 0.25) is 0 Å². The monoisotopic (exact) mass is 375 g/mol. The highest BCUT2D eigenvalue weighted by Crippen LogP contribution is 2.34. The number of rotatable bonds is 6. The highest BCUT2D eigenvalue weighted by atomic mass is 16.4. The number of aromatic nitrogens is 2. The van der Waals surface area contributed by atoms with Crippen LogP contribution >= 0.6 is 0 Å². The van der Waals surface area contributed by atoms with E-state index in [0.29, 0.717) is 17.2 Å². The summed E-state index contributed by atoms with van der Waals surface area (Å²) in [6, 6.07) is 17.7. The van der Waals surface area contributed by atoms with E-state index in [0.717, 1.165) is 36.5 Å². The van der Waals surface area contributed by atoms with Gasteiger partial charge in [-0.3, -0.25) is 0 Å². The largest absolute Gasteiger partial charge is 0.478 e. The molecule has 2 heterocycles. The Kier molecular flexibility index (Phi) is 5.26. The molecule has 0 unspecified atom stereocenters. The van der Waals surface area contributed by atoms with E-state index in [4.69, 9.17) is 0 Å². The van der Waals surface area contributed by atoms with E-state index in [1.54, 1.807) is 12.1 Å². The van der Waals surface area contributed by atoms with Crippen LogP contribution in [0.2, 0.25) is 0 Å². The number of likely N-dealkylation sites (tertiary alicyclic amines) is 1. The number of imidazole rings is 1. The van der Waals surface area contributed by atoms with Crippen molar-refractivity contribution in [3.63, 3.8) is 0 Å². The SMILES string of the molecule is CN1CCC[C@H]1CCn1cnc(-c2ccccc2)c1-c1ccccc1C(=O)O. The van der Waals surface area contributed by atoms with Gasteiger partial charge in [-0.05, 0) is 38.9 Å². The highest BCUT2D eigenvalue weighted by Gasteiger charge is 2.23. The molecule has 1 saturated heterocycles. The number of hydrogen-bond acceptors (Lipinski definition) is 3. The number of aryl methyl sites for hydroxylation is 1. The van der Waals surface area contributed by atoms with Crippen molar-refractivity contribution in [2.45, 2.75) is 31.8 Å². The normalized spacial score (nSPS) is 17.1. The fourth-order valence-corrected chi connectivity index (χ4v) is 4.15. The Labute approximate surface area is 165 Å². The number of carboxylic acids is 1.